The van der Waals surface area contributed by atoms with E-state index in [0.717, 1.165) is 93.9 Å². The molecular weight excluding hydrogens is 520 g/mol. The molecule has 3 fully saturated rings. The summed E-state index contributed by atoms with van der Waals surface area (Å²) in [5, 5.41) is 9.77. The van der Waals surface area contributed by atoms with Crippen molar-refractivity contribution in [2.75, 3.05) is 39.3 Å². The van der Waals surface area contributed by atoms with Crippen molar-refractivity contribution in [3.05, 3.63) is 11.6 Å². The topological polar surface area (TPSA) is 88.4 Å². The fourth-order valence-corrected chi connectivity index (χ4v) is 10.0. The molecule has 3 saturated carbocycles. The predicted molar refractivity (Wildman–Crippen MR) is 175 cm³/mol. The number of fused-ring (bicyclic) bond motifs is 5. The van der Waals surface area contributed by atoms with Gasteiger partial charge in [-0.2, -0.15) is 0 Å². The molecule has 0 spiro atoms. The largest absolute Gasteiger partial charge is 0.446 e. The molecular formula is C36H66N4O2. The monoisotopic (exact) mass is 587 g/mol. The maximum Gasteiger partial charge on any atom is 0.407 e. The lowest BCUT2D eigenvalue weighted by atomic mass is 9.47. The predicted octanol–water partition coefficient (Wildman–Crippen LogP) is 7.04. The van der Waals surface area contributed by atoms with Gasteiger partial charge in [-0.25, -0.2) is 4.79 Å². The van der Waals surface area contributed by atoms with Crippen molar-refractivity contribution in [3.8, 4) is 0 Å². The van der Waals surface area contributed by atoms with Crippen LogP contribution in [0.5, 0.6) is 0 Å². The average Bonchev–Trinajstić information content (AvgIpc) is 3.31. The molecule has 0 aliphatic heterocycles. The molecule has 0 bridgehead atoms. The summed E-state index contributed by atoms with van der Waals surface area (Å²) in [7, 11) is 0. The van der Waals surface area contributed by atoms with E-state index >= 15 is 0 Å². The maximum absolute atomic E-state index is 12.6. The van der Waals surface area contributed by atoms with Gasteiger partial charge in [0.2, 0.25) is 0 Å². The van der Waals surface area contributed by atoms with E-state index in [1.807, 2.05) is 0 Å². The third kappa shape index (κ3) is 8.13. The SMILES string of the molecule is CC(C)CCC[C@@H](C)[C@H]1CC[C@H]2[C@@H]3CC=C4C[C@@H](OC(=O)NCCCNCCNCCCN)CC[C@]4(C)[C@H]3CC[C@]12C. The van der Waals surface area contributed by atoms with E-state index in [1.54, 1.807) is 5.57 Å². The van der Waals surface area contributed by atoms with Crippen LogP contribution in [0, 0.1) is 46.3 Å². The minimum atomic E-state index is -0.241. The van der Waals surface area contributed by atoms with Crippen molar-refractivity contribution in [2.24, 2.45) is 52.1 Å². The first-order chi connectivity index (χ1) is 20.2. The van der Waals surface area contributed by atoms with E-state index in [2.05, 4.69) is 56.6 Å². The second kappa shape index (κ2) is 15.8. The molecule has 0 saturated heterocycles. The van der Waals surface area contributed by atoms with Crippen LogP contribution in [0.4, 0.5) is 4.79 Å². The summed E-state index contributed by atoms with van der Waals surface area (Å²) < 4.78 is 5.95. The van der Waals surface area contributed by atoms with Crippen molar-refractivity contribution in [2.45, 2.75) is 124 Å². The van der Waals surface area contributed by atoms with E-state index in [9.17, 15) is 4.79 Å². The molecule has 0 radical (unpaired) electrons. The minimum Gasteiger partial charge on any atom is -0.446 e. The highest BCUT2D eigenvalue weighted by Gasteiger charge is 2.59. The standard InChI is InChI=1S/C36H66N4O2/c1-26(2)9-6-10-27(3)31-13-14-32-30-12-11-28-25-29(15-17-35(28,4)33(30)16-18-36(31,32)5)42-34(41)40-22-8-21-39-24-23-38-20-7-19-37/h11,26-27,29-33,38-39H,6-10,12-25,37H2,1-5H3,(H,40,41)/t27-,29+,30+,31-,32+,33+,35+,36-/m1/s1. The number of rotatable bonds is 16. The van der Waals surface area contributed by atoms with Crippen LogP contribution in [0.1, 0.15) is 118 Å². The molecule has 1 amide bonds. The summed E-state index contributed by atoms with van der Waals surface area (Å²) >= 11 is 0. The number of nitrogens with two attached hydrogens (primary N) is 1. The Bertz CT molecular complexity index is 876. The Morgan fingerprint density at radius 3 is 2.43 bits per heavy atom. The highest BCUT2D eigenvalue weighted by atomic mass is 16.6. The van der Waals surface area contributed by atoms with Crippen LogP contribution in [-0.2, 0) is 4.74 Å². The van der Waals surface area contributed by atoms with Gasteiger partial charge in [0.25, 0.3) is 0 Å². The quantitative estimate of drug-likeness (QED) is 0.115. The van der Waals surface area contributed by atoms with Crippen molar-refractivity contribution in [1.82, 2.24) is 16.0 Å². The second-order valence-electron chi connectivity index (χ2n) is 15.5. The number of hydrogen-bond acceptors (Lipinski definition) is 5. The zero-order chi connectivity index (χ0) is 30.2. The Balaban J connectivity index is 1.21. The van der Waals surface area contributed by atoms with Gasteiger partial charge in [-0.05, 0) is 124 Å². The molecule has 0 unspecified atom stereocenters. The van der Waals surface area contributed by atoms with E-state index in [-0.39, 0.29) is 12.2 Å². The highest BCUT2D eigenvalue weighted by Crippen LogP contribution is 2.67. The van der Waals surface area contributed by atoms with Crippen LogP contribution >= 0.6 is 0 Å². The number of carbonyl (C=O) groups excluding carboxylic acids is 1. The lowest BCUT2D eigenvalue weighted by molar-refractivity contribution is -0.0581. The van der Waals surface area contributed by atoms with Crippen LogP contribution in [0.3, 0.4) is 0 Å². The molecule has 4 rings (SSSR count). The first kappa shape index (κ1) is 33.8. The van der Waals surface area contributed by atoms with Gasteiger partial charge >= 0.3 is 6.09 Å². The normalized spacial score (nSPS) is 34.7. The van der Waals surface area contributed by atoms with E-state index in [0.29, 0.717) is 17.4 Å². The van der Waals surface area contributed by atoms with Gasteiger partial charge in [0.05, 0.1) is 0 Å². The zero-order valence-corrected chi connectivity index (χ0v) is 27.9. The van der Waals surface area contributed by atoms with Gasteiger partial charge in [0.15, 0.2) is 0 Å². The first-order valence-corrected chi connectivity index (χ1v) is 17.9. The Kier molecular flexibility index (Phi) is 12.7. The number of amides is 1. The van der Waals surface area contributed by atoms with Gasteiger partial charge in [-0.15, -0.1) is 0 Å². The van der Waals surface area contributed by atoms with Gasteiger partial charge < -0.3 is 26.4 Å². The van der Waals surface area contributed by atoms with Crippen LogP contribution in [0.25, 0.3) is 0 Å². The van der Waals surface area contributed by atoms with Gasteiger partial charge in [0.1, 0.15) is 6.10 Å². The lowest BCUT2D eigenvalue weighted by Gasteiger charge is -2.58. The molecule has 6 heteroatoms. The lowest BCUT2D eigenvalue weighted by Crippen LogP contribution is -2.51. The van der Waals surface area contributed by atoms with E-state index < -0.39 is 0 Å². The van der Waals surface area contributed by atoms with Crippen molar-refractivity contribution >= 4 is 6.09 Å². The molecule has 4 aliphatic carbocycles. The van der Waals surface area contributed by atoms with E-state index in [1.165, 1.54) is 57.8 Å². The molecule has 0 aromatic carbocycles. The molecule has 6 nitrogen and oxygen atoms in total. The number of allylic oxidation sites excluding steroid dienone is 1. The number of ether oxygens (including phenoxy) is 1. The van der Waals surface area contributed by atoms with Gasteiger partial charge in [-0.1, -0.05) is 65.5 Å². The van der Waals surface area contributed by atoms with Crippen LogP contribution in [-0.4, -0.2) is 51.5 Å². The number of alkyl carbamates (subject to hydrolysis) is 1. The third-order valence-electron chi connectivity index (χ3n) is 12.4. The Morgan fingerprint density at radius 2 is 1.69 bits per heavy atom. The highest BCUT2D eigenvalue weighted by molar-refractivity contribution is 5.67. The van der Waals surface area contributed by atoms with Crippen LogP contribution < -0.4 is 21.7 Å². The summed E-state index contributed by atoms with van der Waals surface area (Å²) in [6.45, 7) is 17.7. The number of carbonyl (C=O) groups is 1. The van der Waals surface area contributed by atoms with Crippen molar-refractivity contribution in [3.63, 3.8) is 0 Å². The molecule has 0 aromatic heterocycles. The van der Waals surface area contributed by atoms with Gasteiger partial charge in [0, 0.05) is 26.1 Å². The molecule has 242 valence electrons. The Labute approximate surface area is 258 Å². The molecule has 42 heavy (non-hydrogen) atoms. The number of hydrogen-bond donors (Lipinski definition) is 4. The zero-order valence-electron chi connectivity index (χ0n) is 27.9. The summed E-state index contributed by atoms with van der Waals surface area (Å²) in [6, 6.07) is 0. The molecule has 0 heterocycles. The van der Waals surface area contributed by atoms with Crippen molar-refractivity contribution in [1.29, 1.82) is 0 Å². The van der Waals surface area contributed by atoms with E-state index in [4.69, 9.17) is 10.5 Å². The summed E-state index contributed by atoms with van der Waals surface area (Å²) in [4.78, 5) is 12.6. The van der Waals surface area contributed by atoms with Crippen molar-refractivity contribution < 1.29 is 9.53 Å². The maximum atomic E-state index is 12.6. The Morgan fingerprint density at radius 1 is 0.929 bits per heavy atom. The summed E-state index contributed by atoms with van der Waals surface area (Å²) in [5.41, 5.74) is 7.94. The van der Waals surface area contributed by atoms with Crippen LogP contribution in [0.2, 0.25) is 0 Å². The third-order valence-corrected chi connectivity index (χ3v) is 12.4. The molecule has 0 aromatic rings. The van der Waals surface area contributed by atoms with Gasteiger partial charge in [-0.3, -0.25) is 0 Å². The summed E-state index contributed by atoms with van der Waals surface area (Å²) in [6.07, 6.45) is 18.6. The smallest absolute Gasteiger partial charge is 0.407 e. The van der Waals surface area contributed by atoms with Crippen LogP contribution in [0.15, 0.2) is 11.6 Å². The Hall–Kier alpha value is -1.11. The fraction of sp³-hybridized carbons (Fsp3) is 0.917. The molecule has 8 atom stereocenters. The minimum absolute atomic E-state index is 0.0231. The number of nitrogens with one attached hydrogen (secondary N) is 3. The first-order valence-electron chi connectivity index (χ1n) is 17.9. The second-order valence-corrected chi connectivity index (χ2v) is 15.5. The molecule has 5 N–H and O–H groups in total. The average molecular weight is 587 g/mol. The molecule has 4 aliphatic rings. The summed E-state index contributed by atoms with van der Waals surface area (Å²) in [5.74, 6) is 5.16. The fourth-order valence-electron chi connectivity index (χ4n) is 10.0.